The maximum atomic E-state index is 13.4. The van der Waals surface area contributed by atoms with Crippen LogP contribution in [0.4, 0.5) is 4.39 Å². The van der Waals surface area contributed by atoms with Gasteiger partial charge in [-0.05, 0) is 18.2 Å². The molecule has 1 fully saturated rings. The monoisotopic (exact) mass is 313 g/mol. The highest BCUT2D eigenvalue weighted by atomic mass is 19.1. The van der Waals surface area contributed by atoms with E-state index in [0.717, 1.165) is 6.07 Å². The van der Waals surface area contributed by atoms with Crippen LogP contribution >= 0.6 is 0 Å². The molecule has 1 aromatic rings. The van der Waals surface area contributed by atoms with Gasteiger partial charge in [0.2, 0.25) is 0 Å². The summed E-state index contributed by atoms with van der Waals surface area (Å²) in [5, 5.41) is 10.3. The molecule has 1 aliphatic heterocycles. The molecule has 22 heavy (non-hydrogen) atoms. The number of hydrogen-bond acceptors (Lipinski definition) is 5. The molecule has 122 valence electrons. The molecule has 1 saturated heterocycles. The van der Waals surface area contributed by atoms with Crippen LogP contribution in [0.15, 0.2) is 18.2 Å². The fourth-order valence-electron chi connectivity index (χ4n) is 2.49. The van der Waals surface area contributed by atoms with Crippen molar-refractivity contribution in [2.75, 3.05) is 34.5 Å². The number of amides is 1. The van der Waals surface area contributed by atoms with E-state index in [1.54, 1.807) is 0 Å². The second-order valence-corrected chi connectivity index (χ2v) is 5.13. The van der Waals surface area contributed by atoms with Crippen LogP contribution in [-0.4, -0.2) is 68.6 Å². The molecule has 1 amide bonds. The van der Waals surface area contributed by atoms with Crippen molar-refractivity contribution in [2.45, 2.75) is 18.2 Å². The highest BCUT2D eigenvalue weighted by Gasteiger charge is 2.37. The zero-order valence-electron chi connectivity index (χ0n) is 12.8. The molecular weight excluding hydrogens is 293 g/mol. The number of aliphatic hydroxyl groups excluding tert-OH is 1. The first kappa shape index (κ1) is 16.7. The molecule has 1 aromatic carbocycles. The second kappa shape index (κ2) is 7.04. The third kappa shape index (κ3) is 3.21. The second-order valence-electron chi connectivity index (χ2n) is 5.13. The van der Waals surface area contributed by atoms with Gasteiger partial charge in [0.1, 0.15) is 23.8 Å². The lowest BCUT2D eigenvalue weighted by Crippen LogP contribution is -2.56. The van der Waals surface area contributed by atoms with Crippen LogP contribution in [-0.2, 0) is 9.47 Å². The normalized spacial score (nSPS) is 24.9. The smallest absolute Gasteiger partial charge is 0.257 e. The van der Waals surface area contributed by atoms with E-state index in [2.05, 4.69) is 0 Å². The summed E-state index contributed by atoms with van der Waals surface area (Å²) in [5.41, 5.74) is 0.0942. The Morgan fingerprint density at radius 2 is 2.14 bits per heavy atom. The highest BCUT2D eigenvalue weighted by Crippen LogP contribution is 2.24. The van der Waals surface area contributed by atoms with Crippen LogP contribution in [0.5, 0.6) is 5.75 Å². The highest BCUT2D eigenvalue weighted by molar-refractivity contribution is 5.97. The summed E-state index contributed by atoms with van der Waals surface area (Å²) in [4.78, 5) is 13.9. The Labute approximate surface area is 128 Å². The molecule has 0 spiro atoms. The third-order valence-electron chi connectivity index (χ3n) is 3.86. The Kier molecular flexibility index (Phi) is 5.33. The fraction of sp³-hybridized carbons (Fsp3) is 0.533. The van der Waals surface area contributed by atoms with Crippen molar-refractivity contribution in [1.82, 2.24) is 4.90 Å². The van der Waals surface area contributed by atoms with E-state index in [-0.39, 0.29) is 24.5 Å². The Morgan fingerprint density at radius 1 is 1.41 bits per heavy atom. The number of nitrogens with zero attached hydrogens (tertiary/aromatic N) is 1. The van der Waals surface area contributed by atoms with Gasteiger partial charge in [-0.2, -0.15) is 0 Å². The quantitative estimate of drug-likeness (QED) is 0.885. The number of methoxy groups -OCH3 is 2. The van der Waals surface area contributed by atoms with Gasteiger partial charge in [0.15, 0.2) is 0 Å². The summed E-state index contributed by atoms with van der Waals surface area (Å²) in [7, 11) is 4.41. The van der Waals surface area contributed by atoms with Gasteiger partial charge >= 0.3 is 0 Å². The zero-order valence-corrected chi connectivity index (χ0v) is 12.8. The molecule has 0 aliphatic carbocycles. The Bertz CT molecular complexity index is 539. The van der Waals surface area contributed by atoms with E-state index in [4.69, 9.17) is 14.2 Å². The minimum absolute atomic E-state index is 0.0942. The van der Waals surface area contributed by atoms with Crippen LogP contribution in [0.1, 0.15) is 10.4 Å². The van der Waals surface area contributed by atoms with E-state index in [1.807, 2.05) is 0 Å². The average molecular weight is 313 g/mol. The number of rotatable bonds is 4. The van der Waals surface area contributed by atoms with Crippen molar-refractivity contribution in [3.05, 3.63) is 29.6 Å². The first-order valence-electron chi connectivity index (χ1n) is 6.89. The molecule has 7 heteroatoms. The summed E-state index contributed by atoms with van der Waals surface area (Å²) in [6.45, 7) is 0.445. The first-order chi connectivity index (χ1) is 10.5. The van der Waals surface area contributed by atoms with Crippen LogP contribution in [0.25, 0.3) is 0 Å². The maximum absolute atomic E-state index is 13.4. The zero-order chi connectivity index (χ0) is 16.3. The lowest BCUT2D eigenvalue weighted by molar-refractivity contribution is -0.135. The number of benzene rings is 1. The van der Waals surface area contributed by atoms with Gasteiger partial charge in [0, 0.05) is 14.2 Å². The van der Waals surface area contributed by atoms with Crippen LogP contribution < -0.4 is 4.74 Å². The molecule has 0 unspecified atom stereocenters. The molecule has 6 nitrogen and oxygen atoms in total. The van der Waals surface area contributed by atoms with Gasteiger partial charge in [0.25, 0.3) is 5.91 Å². The SMILES string of the molecule is COc1ccc(F)cc1C(=O)N(C)[C@@H]1COC[C@@H](OC)[C@H]1O. The predicted octanol–water partition coefficient (Wildman–Crippen LogP) is 0.681. The summed E-state index contributed by atoms with van der Waals surface area (Å²) < 4.78 is 29.0. The lowest BCUT2D eigenvalue weighted by Gasteiger charge is -2.39. The number of hydrogen-bond donors (Lipinski definition) is 1. The van der Waals surface area contributed by atoms with Gasteiger partial charge in [-0.1, -0.05) is 0 Å². The minimum atomic E-state index is -0.882. The lowest BCUT2D eigenvalue weighted by atomic mass is 10.0. The van der Waals surface area contributed by atoms with Crippen LogP contribution in [0, 0.1) is 5.82 Å². The third-order valence-corrected chi connectivity index (χ3v) is 3.86. The van der Waals surface area contributed by atoms with E-state index in [0.29, 0.717) is 0 Å². The molecule has 1 N–H and O–H groups in total. The molecule has 0 aromatic heterocycles. The average Bonchev–Trinajstić information content (AvgIpc) is 2.53. The van der Waals surface area contributed by atoms with Gasteiger partial charge < -0.3 is 24.2 Å². The summed E-state index contributed by atoms with van der Waals surface area (Å²) in [6.07, 6.45) is -1.39. The molecule has 0 saturated carbocycles. The topological polar surface area (TPSA) is 68.2 Å². The molecule has 1 heterocycles. The van der Waals surface area contributed by atoms with Crippen molar-refractivity contribution in [3.8, 4) is 5.75 Å². The Hall–Kier alpha value is -1.70. The summed E-state index contributed by atoms with van der Waals surface area (Å²) in [6, 6.07) is 3.14. The molecular formula is C15H20FNO5. The largest absolute Gasteiger partial charge is 0.496 e. The van der Waals surface area contributed by atoms with Gasteiger partial charge in [-0.25, -0.2) is 4.39 Å². The van der Waals surface area contributed by atoms with Gasteiger partial charge in [-0.15, -0.1) is 0 Å². The van der Waals surface area contributed by atoms with E-state index >= 15 is 0 Å². The summed E-state index contributed by atoms with van der Waals surface area (Å²) in [5.74, 6) is -0.721. The number of halogens is 1. The number of carbonyl (C=O) groups is 1. The molecule has 2 rings (SSSR count). The van der Waals surface area contributed by atoms with Crippen molar-refractivity contribution in [2.24, 2.45) is 0 Å². The van der Waals surface area contributed by atoms with Crippen molar-refractivity contribution < 1.29 is 28.5 Å². The van der Waals surface area contributed by atoms with E-state index in [9.17, 15) is 14.3 Å². The first-order valence-corrected chi connectivity index (χ1v) is 6.89. The fourth-order valence-corrected chi connectivity index (χ4v) is 2.49. The van der Waals surface area contributed by atoms with E-state index in [1.165, 1.54) is 38.3 Å². The minimum Gasteiger partial charge on any atom is -0.496 e. The summed E-state index contributed by atoms with van der Waals surface area (Å²) >= 11 is 0. The molecule has 0 bridgehead atoms. The van der Waals surface area contributed by atoms with Crippen molar-refractivity contribution >= 4 is 5.91 Å². The number of likely N-dealkylation sites (N-methyl/N-ethyl adjacent to an activating group) is 1. The standard InChI is InChI=1S/C15H20FNO5/c1-17(11-7-22-8-13(21-3)14(11)18)15(19)10-6-9(16)4-5-12(10)20-2/h4-6,11,13-14,18H,7-8H2,1-3H3/t11-,13-,14+/m1/s1. The molecule has 1 aliphatic rings. The number of aliphatic hydroxyl groups is 1. The van der Waals surface area contributed by atoms with Gasteiger partial charge in [0.05, 0.1) is 31.9 Å². The van der Waals surface area contributed by atoms with Crippen molar-refractivity contribution in [1.29, 1.82) is 0 Å². The maximum Gasteiger partial charge on any atom is 0.257 e. The van der Waals surface area contributed by atoms with Gasteiger partial charge in [-0.3, -0.25) is 4.79 Å². The Morgan fingerprint density at radius 3 is 2.77 bits per heavy atom. The predicted molar refractivity (Wildman–Crippen MR) is 76.5 cm³/mol. The molecule has 0 radical (unpaired) electrons. The van der Waals surface area contributed by atoms with Crippen LogP contribution in [0.2, 0.25) is 0 Å². The van der Waals surface area contributed by atoms with E-state index < -0.39 is 30.0 Å². The van der Waals surface area contributed by atoms with Crippen molar-refractivity contribution in [3.63, 3.8) is 0 Å². The molecule has 3 atom stereocenters. The number of carbonyl (C=O) groups excluding carboxylic acids is 1. The van der Waals surface area contributed by atoms with Crippen LogP contribution in [0.3, 0.4) is 0 Å². The number of ether oxygens (including phenoxy) is 3. The Balaban J connectivity index is 2.23.